The highest BCUT2D eigenvalue weighted by molar-refractivity contribution is 6.11. The number of hydrogen-bond donors (Lipinski definition) is 1. The van der Waals surface area contributed by atoms with Crippen LogP contribution < -0.4 is 29.2 Å². The van der Waals surface area contributed by atoms with Gasteiger partial charge in [0, 0.05) is 23.5 Å². The van der Waals surface area contributed by atoms with Crippen LogP contribution >= 0.6 is 0 Å². The van der Waals surface area contributed by atoms with Crippen molar-refractivity contribution < 1.29 is 23.7 Å². The molecule has 1 atom stereocenters. The van der Waals surface area contributed by atoms with Crippen molar-refractivity contribution in [2.45, 2.75) is 6.04 Å². The van der Waals surface area contributed by atoms with Crippen molar-refractivity contribution in [2.75, 3.05) is 36.6 Å². The lowest BCUT2D eigenvalue weighted by Gasteiger charge is -2.27. The van der Waals surface area contributed by atoms with Crippen LogP contribution in [0.1, 0.15) is 11.6 Å². The van der Waals surface area contributed by atoms with Crippen molar-refractivity contribution in [3.63, 3.8) is 0 Å². The molecule has 33 heavy (non-hydrogen) atoms. The van der Waals surface area contributed by atoms with E-state index in [1.807, 2.05) is 72.8 Å². The fourth-order valence-electron chi connectivity index (χ4n) is 4.29. The van der Waals surface area contributed by atoms with Crippen LogP contribution in [0.3, 0.4) is 0 Å². The Labute approximate surface area is 191 Å². The first-order valence-electron chi connectivity index (χ1n) is 10.9. The summed E-state index contributed by atoms with van der Waals surface area (Å²) >= 11 is 0. The average molecular weight is 442 g/mol. The lowest BCUT2D eigenvalue weighted by molar-refractivity contribution is -0.114. The minimum absolute atomic E-state index is 0.129. The second kappa shape index (κ2) is 8.09. The maximum absolute atomic E-state index is 13.6. The predicted octanol–water partition coefficient (Wildman–Crippen LogP) is 4.31. The Morgan fingerprint density at radius 2 is 1.36 bits per heavy atom. The van der Waals surface area contributed by atoms with Crippen LogP contribution in [0.5, 0.6) is 23.0 Å². The number of benzene rings is 3. The van der Waals surface area contributed by atoms with Gasteiger partial charge in [-0.2, -0.15) is 0 Å². The molecule has 3 aromatic rings. The minimum atomic E-state index is -0.263. The highest BCUT2D eigenvalue weighted by Gasteiger charge is 2.35. The highest BCUT2D eigenvalue weighted by Crippen LogP contribution is 2.41. The molecule has 0 aliphatic carbocycles. The maximum atomic E-state index is 13.6. The van der Waals surface area contributed by atoms with E-state index in [-0.39, 0.29) is 11.9 Å². The van der Waals surface area contributed by atoms with Crippen molar-refractivity contribution in [3.8, 4) is 23.0 Å². The Morgan fingerprint density at radius 1 is 0.727 bits per heavy atom. The van der Waals surface area contributed by atoms with Crippen molar-refractivity contribution >= 4 is 17.3 Å². The molecular weight excluding hydrogens is 420 g/mol. The van der Waals surface area contributed by atoms with E-state index in [1.165, 1.54) is 0 Å². The number of hydrogen-bond acceptors (Lipinski definition) is 6. The molecule has 6 rings (SSSR count). The molecule has 0 aromatic heterocycles. The Morgan fingerprint density at radius 3 is 2.09 bits per heavy atom. The fraction of sp³-hybridized carbons (Fsp3) is 0.192. The number of nitrogens with zero attached hydrogens (tertiary/aromatic N) is 1. The summed E-state index contributed by atoms with van der Waals surface area (Å²) in [4.78, 5) is 15.4. The Bertz CT molecular complexity index is 1240. The SMILES string of the molecule is O=C1C(Nc2ccc3c(c2)OCCO3)=C[C@H](c2ccccc2)N1c1ccc2c(c1)OCCO2. The van der Waals surface area contributed by atoms with E-state index >= 15 is 0 Å². The highest BCUT2D eigenvalue weighted by atomic mass is 16.6. The lowest BCUT2D eigenvalue weighted by Crippen LogP contribution is -2.31. The summed E-state index contributed by atoms with van der Waals surface area (Å²) in [5.41, 5.74) is 3.01. The maximum Gasteiger partial charge on any atom is 0.275 e. The minimum Gasteiger partial charge on any atom is -0.486 e. The van der Waals surface area contributed by atoms with Crippen LogP contribution in [0.4, 0.5) is 11.4 Å². The first-order valence-corrected chi connectivity index (χ1v) is 10.9. The predicted molar refractivity (Wildman–Crippen MR) is 123 cm³/mol. The average Bonchev–Trinajstić information content (AvgIpc) is 3.20. The number of carbonyl (C=O) groups is 1. The zero-order valence-corrected chi connectivity index (χ0v) is 17.8. The standard InChI is InChI=1S/C26H22N2O5/c29-26-20(27-18-6-8-22-24(14-18)32-12-10-30-22)16-21(17-4-2-1-3-5-17)28(26)19-7-9-23-25(15-19)33-13-11-31-23/h1-9,14-16,21,27H,10-13H2/t21-/m1/s1. The van der Waals surface area contributed by atoms with E-state index in [0.717, 1.165) is 16.9 Å². The fourth-order valence-corrected chi connectivity index (χ4v) is 4.29. The molecule has 7 heteroatoms. The van der Waals surface area contributed by atoms with Gasteiger partial charge in [-0.15, -0.1) is 0 Å². The second-order valence-electron chi connectivity index (χ2n) is 7.92. The molecule has 0 saturated carbocycles. The molecule has 3 aromatic carbocycles. The smallest absolute Gasteiger partial charge is 0.275 e. The molecule has 0 unspecified atom stereocenters. The summed E-state index contributed by atoms with van der Waals surface area (Å²) in [6, 6.07) is 20.9. The molecule has 0 radical (unpaired) electrons. The third kappa shape index (κ3) is 3.61. The number of fused-ring (bicyclic) bond motifs is 2. The lowest BCUT2D eigenvalue weighted by atomic mass is 10.1. The van der Waals surface area contributed by atoms with E-state index in [0.29, 0.717) is 55.1 Å². The molecule has 0 fully saturated rings. The van der Waals surface area contributed by atoms with Crippen LogP contribution in [-0.4, -0.2) is 32.3 Å². The van der Waals surface area contributed by atoms with Crippen LogP contribution in [0, 0.1) is 0 Å². The largest absolute Gasteiger partial charge is 0.486 e. The third-order valence-electron chi connectivity index (χ3n) is 5.82. The molecule has 3 aliphatic heterocycles. The summed E-state index contributed by atoms with van der Waals surface area (Å²) in [7, 11) is 0. The number of carbonyl (C=O) groups excluding carboxylic acids is 1. The number of anilines is 2. The quantitative estimate of drug-likeness (QED) is 0.649. The molecule has 7 nitrogen and oxygen atoms in total. The van der Waals surface area contributed by atoms with Crippen LogP contribution in [0.2, 0.25) is 0 Å². The van der Waals surface area contributed by atoms with Crippen molar-refractivity contribution in [1.29, 1.82) is 0 Å². The number of amides is 1. The summed E-state index contributed by atoms with van der Waals surface area (Å²) in [5.74, 6) is 2.58. The normalized spacial score (nSPS) is 18.7. The molecule has 0 saturated heterocycles. The number of ether oxygens (including phenoxy) is 4. The topological polar surface area (TPSA) is 69.3 Å². The molecule has 0 spiro atoms. The number of nitrogens with one attached hydrogen (secondary N) is 1. The van der Waals surface area contributed by atoms with Gasteiger partial charge in [0.15, 0.2) is 23.0 Å². The Balaban J connectivity index is 1.35. The van der Waals surface area contributed by atoms with Gasteiger partial charge in [-0.1, -0.05) is 30.3 Å². The van der Waals surface area contributed by atoms with Gasteiger partial charge in [-0.3, -0.25) is 9.69 Å². The summed E-state index contributed by atoms with van der Waals surface area (Å²) < 4.78 is 22.7. The van der Waals surface area contributed by atoms with Gasteiger partial charge in [-0.05, 0) is 35.9 Å². The summed E-state index contributed by atoms with van der Waals surface area (Å²) in [6.45, 7) is 2.05. The van der Waals surface area contributed by atoms with E-state index in [9.17, 15) is 4.79 Å². The van der Waals surface area contributed by atoms with Gasteiger partial charge in [0.1, 0.15) is 32.1 Å². The molecule has 3 heterocycles. The van der Waals surface area contributed by atoms with Gasteiger partial charge >= 0.3 is 0 Å². The molecular formula is C26H22N2O5. The second-order valence-corrected chi connectivity index (χ2v) is 7.92. The summed E-state index contributed by atoms with van der Waals surface area (Å²) in [5, 5.41) is 3.28. The van der Waals surface area contributed by atoms with Crippen molar-refractivity contribution in [1.82, 2.24) is 0 Å². The van der Waals surface area contributed by atoms with Crippen molar-refractivity contribution in [2.24, 2.45) is 0 Å². The van der Waals surface area contributed by atoms with E-state index in [4.69, 9.17) is 18.9 Å². The third-order valence-corrected chi connectivity index (χ3v) is 5.82. The van der Waals surface area contributed by atoms with Crippen molar-refractivity contribution in [3.05, 3.63) is 84.1 Å². The van der Waals surface area contributed by atoms with Gasteiger partial charge in [0.05, 0.1) is 6.04 Å². The van der Waals surface area contributed by atoms with Crippen LogP contribution in [-0.2, 0) is 4.79 Å². The van der Waals surface area contributed by atoms with Crippen LogP contribution in [0.15, 0.2) is 78.5 Å². The zero-order valence-electron chi connectivity index (χ0n) is 17.8. The molecule has 0 bridgehead atoms. The zero-order chi connectivity index (χ0) is 22.2. The van der Waals surface area contributed by atoms with E-state index < -0.39 is 0 Å². The molecule has 166 valence electrons. The molecule has 1 N–H and O–H groups in total. The monoisotopic (exact) mass is 442 g/mol. The first kappa shape index (κ1) is 19.5. The summed E-state index contributed by atoms with van der Waals surface area (Å²) in [6.07, 6.45) is 1.95. The number of rotatable bonds is 4. The Hall–Kier alpha value is -4.13. The molecule has 3 aliphatic rings. The van der Waals surface area contributed by atoms with Gasteiger partial charge < -0.3 is 24.3 Å². The van der Waals surface area contributed by atoms with E-state index in [1.54, 1.807) is 4.90 Å². The van der Waals surface area contributed by atoms with E-state index in [2.05, 4.69) is 5.32 Å². The van der Waals surface area contributed by atoms with Gasteiger partial charge in [0.2, 0.25) is 0 Å². The van der Waals surface area contributed by atoms with Gasteiger partial charge in [0.25, 0.3) is 5.91 Å². The Kier molecular flexibility index (Phi) is 4.79. The van der Waals surface area contributed by atoms with Gasteiger partial charge in [-0.25, -0.2) is 0 Å². The molecule has 1 amide bonds. The van der Waals surface area contributed by atoms with Crippen LogP contribution in [0.25, 0.3) is 0 Å². The first-order chi connectivity index (χ1) is 16.3.